The molecule has 0 aliphatic heterocycles. The molecule has 178 valence electrons. The fourth-order valence-electron chi connectivity index (χ4n) is 3.23. The number of hydrogen-bond acceptors (Lipinski definition) is 5. The second kappa shape index (κ2) is 9.70. The van der Waals surface area contributed by atoms with Gasteiger partial charge in [0.15, 0.2) is 5.82 Å². The second-order valence-corrected chi connectivity index (χ2v) is 9.48. The summed E-state index contributed by atoms with van der Waals surface area (Å²) in [4.78, 5) is 26.3. The molecule has 0 spiro atoms. The summed E-state index contributed by atoms with van der Waals surface area (Å²) < 4.78 is 47.2. The van der Waals surface area contributed by atoms with E-state index in [2.05, 4.69) is 10.4 Å². The van der Waals surface area contributed by atoms with Gasteiger partial charge in [-0.15, -0.1) is 16.4 Å². The van der Waals surface area contributed by atoms with E-state index < -0.39 is 35.4 Å². The molecule has 3 aromatic rings. The van der Waals surface area contributed by atoms with E-state index >= 15 is 0 Å². The molecule has 0 radical (unpaired) electrons. The molecule has 0 saturated carbocycles. The van der Waals surface area contributed by atoms with Crippen LogP contribution in [0.15, 0.2) is 41.2 Å². The number of thiophene rings is 1. The van der Waals surface area contributed by atoms with Crippen LogP contribution in [0.1, 0.15) is 25.0 Å². The predicted molar refractivity (Wildman–Crippen MR) is 119 cm³/mol. The van der Waals surface area contributed by atoms with E-state index in [1.54, 1.807) is 26.0 Å². The summed E-state index contributed by atoms with van der Waals surface area (Å²) in [6, 6.07) is 8.14. The minimum Gasteiger partial charge on any atom is -0.383 e. The van der Waals surface area contributed by atoms with Gasteiger partial charge >= 0.3 is 11.9 Å². The lowest BCUT2D eigenvalue weighted by atomic mass is 9.92. The van der Waals surface area contributed by atoms with Crippen molar-refractivity contribution in [2.45, 2.75) is 38.7 Å². The third-order valence-corrected chi connectivity index (χ3v) is 6.12. The molecule has 33 heavy (non-hydrogen) atoms. The molecule has 0 fully saturated rings. The summed E-state index contributed by atoms with van der Waals surface area (Å²) in [5.74, 6) is -0.231. The Morgan fingerprint density at radius 3 is 2.52 bits per heavy atom. The summed E-state index contributed by atoms with van der Waals surface area (Å²) >= 11 is 7.24. The number of halogens is 4. The van der Waals surface area contributed by atoms with Gasteiger partial charge in [-0.3, -0.25) is 9.36 Å². The van der Waals surface area contributed by atoms with Crippen LogP contribution in [0.3, 0.4) is 0 Å². The van der Waals surface area contributed by atoms with Gasteiger partial charge in [0.1, 0.15) is 6.54 Å². The highest BCUT2D eigenvalue weighted by molar-refractivity contribution is 7.19. The molecule has 0 atom stereocenters. The average molecular weight is 503 g/mol. The summed E-state index contributed by atoms with van der Waals surface area (Å²) in [6.45, 7) is 3.23. The van der Waals surface area contributed by atoms with Crippen molar-refractivity contribution in [3.63, 3.8) is 0 Å². The molecular formula is C21H22ClF3N4O3S. The zero-order chi connectivity index (χ0) is 24.4. The maximum atomic E-state index is 13.1. The third-order valence-electron chi connectivity index (χ3n) is 4.89. The fraction of sp³-hybridized carbons (Fsp3) is 0.381. The Kier molecular flexibility index (Phi) is 7.35. The maximum Gasteiger partial charge on any atom is 0.416 e. The Hall–Kier alpha value is -2.63. The van der Waals surface area contributed by atoms with Gasteiger partial charge in [-0.25, -0.2) is 9.48 Å². The van der Waals surface area contributed by atoms with Crippen molar-refractivity contribution in [1.29, 1.82) is 0 Å². The lowest BCUT2D eigenvalue weighted by Gasteiger charge is -2.27. The van der Waals surface area contributed by atoms with Gasteiger partial charge in [-0.05, 0) is 43.7 Å². The van der Waals surface area contributed by atoms with E-state index in [1.165, 1.54) is 35.1 Å². The number of alkyl halides is 3. The van der Waals surface area contributed by atoms with Crippen molar-refractivity contribution in [2.75, 3.05) is 13.7 Å². The van der Waals surface area contributed by atoms with Crippen molar-refractivity contribution in [1.82, 2.24) is 19.7 Å². The number of methoxy groups -OCH3 is 1. The second-order valence-electron chi connectivity index (χ2n) is 7.76. The highest BCUT2D eigenvalue weighted by Gasteiger charge is 2.32. The van der Waals surface area contributed by atoms with Crippen LogP contribution in [0.25, 0.3) is 10.7 Å². The van der Waals surface area contributed by atoms with Crippen LogP contribution in [-0.2, 0) is 34.3 Å². The van der Waals surface area contributed by atoms with Crippen LogP contribution in [0.5, 0.6) is 0 Å². The van der Waals surface area contributed by atoms with E-state index in [0.29, 0.717) is 15.0 Å². The molecule has 1 amide bonds. The SMILES string of the molecule is COCCn1c(-c2ccc(Cl)s2)nn(CC(=O)NC(C)(C)c2cccc(C(F)(F)F)c2)c1=O. The first kappa shape index (κ1) is 25.0. The Labute approximate surface area is 196 Å². The summed E-state index contributed by atoms with van der Waals surface area (Å²) in [5.41, 5.74) is -2.17. The van der Waals surface area contributed by atoms with E-state index in [9.17, 15) is 22.8 Å². The molecular weight excluding hydrogens is 481 g/mol. The van der Waals surface area contributed by atoms with Gasteiger partial charge < -0.3 is 10.1 Å². The van der Waals surface area contributed by atoms with E-state index in [1.807, 2.05) is 0 Å². The number of carbonyl (C=O) groups excluding carboxylic acids is 1. The number of hydrogen-bond donors (Lipinski definition) is 1. The Morgan fingerprint density at radius 2 is 1.91 bits per heavy atom. The smallest absolute Gasteiger partial charge is 0.383 e. The van der Waals surface area contributed by atoms with Crippen molar-refractivity contribution in [3.05, 3.63) is 62.3 Å². The van der Waals surface area contributed by atoms with E-state index in [0.717, 1.165) is 16.8 Å². The number of ether oxygens (including phenoxy) is 1. The molecule has 0 saturated heterocycles. The summed E-state index contributed by atoms with van der Waals surface area (Å²) in [5, 5.41) is 6.97. The normalized spacial score (nSPS) is 12.2. The van der Waals surface area contributed by atoms with Crippen LogP contribution in [-0.4, -0.2) is 34.0 Å². The minimum atomic E-state index is -4.50. The highest BCUT2D eigenvalue weighted by atomic mass is 35.5. The van der Waals surface area contributed by atoms with Gasteiger partial charge in [0.05, 0.1) is 33.5 Å². The standard InChI is InChI=1S/C21H22ClF3N4O3S/c1-20(2,13-5-4-6-14(11-13)21(23,24)25)26-17(30)12-29-19(31)28(9-10-32-3)18(27-29)15-7-8-16(22)33-15/h4-8,11H,9-10,12H2,1-3H3,(H,26,30). The largest absolute Gasteiger partial charge is 0.416 e. The summed E-state index contributed by atoms with van der Waals surface area (Å²) in [6.07, 6.45) is -4.50. The molecule has 3 rings (SSSR count). The molecule has 1 N–H and O–H groups in total. The number of rotatable bonds is 8. The summed E-state index contributed by atoms with van der Waals surface area (Å²) in [7, 11) is 1.50. The zero-order valence-electron chi connectivity index (χ0n) is 18.1. The average Bonchev–Trinajstić information content (AvgIpc) is 3.29. The monoisotopic (exact) mass is 502 g/mol. The maximum absolute atomic E-state index is 13.1. The molecule has 1 aromatic carbocycles. The molecule has 0 aliphatic rings. The number of amides is 1. The number of benzene rings is 1. The van der Waals surface area contributed by atoms with Gasteiger partial charge in [0.25, 0.3) is 0 Å². The quantitative estimate of drug-likeness (QED) is 0.502. The van der Waals surface area contributed by atoms with Crippen molar-refractivity contribution in [3.8, 4) is 10.7 Å². The first-order chi connectivity index (χ1) is 15.4. The van der Waals surface area contributed by atoms with E-state index in [-0.39, 0.29) is 18.7 Å². The lowest BCUT2D eigenvalue weighted by molar-refractivity contribution is -0.137. The molecule has 2 aromatic heterocycles. The highest BCUT2D eigenvalue weighted by Crippen LogP contribution is 2.32. The van der Waals surface area contributed by atoms with Crippen LogP contribution >= 0.6 is 22.9 Å². The third kappa shape index (κ3) is 5.84. The van der Waals surface area contributed by atoms with Crippen molar-refractivity contribution < 1.29 is 22.7 Å². The molecule has 2 heterocycles. The number of aromatic nitrogens is 3. The van der Waals surface area contributed by atoms with E-state index in [4.69, 9.17) is 16.3 Å². The van der Waals surface area contributed by atoms with Crippen LogP contribution < -0.4 is 11.0 Å². The predicted octanol–water partition coefficient (Wildman–Crippen LogP) is 4.14. The van der Waals surface area contributed by atoms with Crippen LogP contribution in [0, 0.1) is 0 Å². The Balaban J connectivity index is 1.84. The topological polar surface area (TPSA) is 78.2 Å². The van der Waals surface area contributed by atoms with Gasteiger partial charge in [-0.1, -0.05) is 23.7 Å². The van der Waals surface area contributed by atoms with Crippen LogP contribution in [0.2, 0.25) is 4.34 Å². The van der Waals surface area contributed by atoms with Gasteiger partial charge in [0, 0.05) is 7.11 Å². The van der Waals surface area contributed by atoms with Crippen molar-refractivity contribution >= 4 is 28.8 Å². The zero-order valence-corrected chi connectivity index (χ0v) is 19.6. The number of nitrogens with zero attached hydrogens (tertiary/aromatic N) is 3. The first-order valence-corrected chi connectivity index (χ1v) is 11.0. The van der Waals surface area contributed by atoms with Gasteiger partial charge in [0.2, 0.25) is 5.91 Å². The first-order valence-electron chi connectivity index (χ1n) is 9.83. The number of nitrogens with one attached hydrogen (secondary N) is 1. The minimum absolute atomic E-state index is 0.220. The molecule has 12 heteroatoms. The molecule has 0 aliphatic carbocycles. The molecule has 0 unspecified atom stereocenters. The Bertz CT molecular complexity index is 1200. The number of carbonyl (C=O) groups is 1. The van der Waals surface area contributed by atoms with Crippen LogP contribution in [0.4, 0.5) is 13.2 Å². The van der Waals surface area contributed by atoms with Crippen molar-refractivity contribution in [2.24, 2.45) is 0 Å². The molecule has 0 bridgehead atoms. The molecule has 7 nitrogen and oxygen atoms in total. The van der Waals surface area contributed by atoms with Gasteiger partial charge in [-0.2, -0.15) is 13.2 Å². The fourth-order valence-corrected chi connectivity index (χ4v) is 4.26. The Morgan fingerprint density at radius 1 is 1.21 bits per heavy atom. The lowest BCUT2D eigenvalue weighted by Crippen LogP contribution is -2.44.